The second-order valence-corrected chi connectivity index (χ2v) is 4.44. The van der Waals surface area contributed by atoms with Gasteiger partial charge in [0, 0.05) is 11.6 Å². The Balaban J connectivity index is 1.83. The first kappa shape index (κ1) is 12.3. The second-order valence-electron chi connectivity index (χ2n) is 4.44. The van der Waals surface area contributed by atoms with Crippen LogP contribution in [0.3, 0.4) is 0 Å². The summed E-state index contributed by atoms with van der Waals surface area (Å²) in [5.74, 6) is 0.0594. The molecule has 0 aliphatic rings. The number of fused-ring (bicyclic) bond motifs is 1. The maximum atomic E-state index is 12.1. The molecule has 100 valence electrons. The van der Waals surface area contributed by atoms with Crippen molar-refractivity contribution in [3.8, 4) is 5.75 Å². The van der Waals surface area contributed by atoms with E-state index in [0.717, 1.165) is 10.9 Å². The van der Waals surface area contributed by atoms with Crippen LogP contribution < -0.4 is 0 Å². The molecule has 3 aromatic rings. The molecule has 0 atom stereocenters. The number of phenols is 1. The van der Waals surface area contributed by atoms with Gasteiger partial charge in [-0.2, -0.15) is 0 Å². The van der Waals surface area contributed by atoms with Gasteiger partial charge >= 0.3 is 6.09 Å². The van der Waals surface area contributed by atoms with Gasteiger partial charge in [-0.15, -0.1) is 0 Å². The summed E-state index contributed by atoms with van der Waals surface area (Å²) in [7, 11) is 0. The number of hydrogen-bond acceptors (Lipinski definition) is 3. The minimum absolute atomic E-state index is 0.0594. The molecule has 0 spiro atoms. The van der Waals surface area contributed by atoms with Crippen LogP contribution in [0.1, 0.15) is 5.56 Å². The molecule has 1 N–H and O–H groups in total. The predicted molar refractivity (Wildman–Crippen MR) is 75.6 cm³/mol. The van der Waals surface area contributed by atoms with Crippen LogP contribution in [0.25, 0.3) is 10.9 Å². The first-order valence-corrected chi connectivity index (χ1v) is 6.26. The van der Waals surface area contributed by atoms with E-state index in [-0.39, 0.29) is 12.4 Å². The number of carbonyl (C=O) groups excluding carboxylic acids is 1. The number of aromatic nitrogens is 1. The Morgan fingerprint density at radius 2 is 1.85 bits per heavy atom. The van der Waals surface area contributed by atoms with Crippen molar-refractivity contribution in [2.75, 3.05) is 0 Å². The molecule has 0 fully saturated rings. The minimum Gasteiger partial charge on any atom is -0.506 e. The molecule has 0 aliphatic carbocycles. The van der Waals surface area contributed by atoms with Gasteiger partial charge in [0.05, 0.1) is 0 Å². The molecule has 1 heterocycles. The van der Waals surface area contributed by atoms with Gasteiger partial charge in [-0.3, -0.25) is 0 Å². The molecule has 0 amide bonds. The van der Waals surface area contributed by atoms with Crippen LogP contribution >= 0.6 is 0 Å². The van der Waals surface area contributed by atoms with Crippen LogP contribution in [0.5, 0.6) is 5.75 Å². The van der Waals surface area contributed by atoms with E-state index in [0.29, 0.717) is 5.52 Å². The van der Waals surface area contributed by atoms with Gasteiger partial charge in [-0.25, -0.2) is 9.36 Å². The molecule has 20 heavy (non-hydrogen) atoms. The van der Waals surface area contributed by atoms with E-state index in [1.807, 2.05) is 36.4 Å². The predicted octanol–water partition coefficient (Wildman–Crippen LogP) is 3.53. The Hall–Kier alpha value is -2.75. The lowest BCUT2D eigenvalue weighted by Gasteiger charge is -2.07. The topological polar surface area (TPSA) is 51.5 Å². The van der Waals surface area contributed by atoms with Crippen molar-refractivity contribution >= 4 is 17.0 Å². The highest BCUT2D eigenvalue weighted by molar-refractivity contribution is 5.93. The summed E-state index contributed by atoms with van der Waals surface area (Å²) in [5, 5.41) is 10.6. The maximum absolute atomic E-state index is 12.1. The maximum Gasteiger partial charge on any atom is 0.418 e. The monoisotopic (exact) mass is 267 g/mol. The van der Waals surface area contributed by atoms with Crippen LogP contribution in [0.4, 0.5) is 4.79 Å². The standard InChI is InChI=1S/C16H13NO3/c18-14-8-4-7-13-9-10-17(15(13)14)16(19)20-11-12-5-2-1-3-6-12/h1-10,18H,11H2. The van der Waals surface area contributed by atoms with Crippen LogP contribution in [0.2, 0.25) is 0 Å². The molecule has 1 aromatic heterocycles. The highest BCUT2D eigenvalue weighted by Crippen LogP contribution is 2.25. The number of nitrogens with zero attached hydrogens (tertiary/aromatic N) is 1. The van der Waals surface area contributed by atoms with Gasteiger partial charge in [-0.1, -0.05) is 42.5 Å². The number of benzene rings is 2. The average Bonchev–Trinajstić information content (AvgIpc) is 2.91. The number of aromatic hydroxyl groups is 1. The molecular weight excluding hydrogens is 254 g/mol. The van der Waals surface area contributed by atoms with Gasteiger partial charge in [0.25, 0.3) is 0 Å². The average molecular weight is 267 g/mol. The Kier molecular flexibility index (Phi) is 3.13. The van der Waals surface area contributed by atoms with E-state index in [1.54, 1.807) is 24.4 Å². The fraction of sp³-hybridized carbons (Fsp3) is 0.0625. The minimum atomic E-state index is -0.509. The van der Waals surface area contributed by atoms with Crippen molar-refractivity contribution in [2.45, 2.75) is 6.61 Å². The molecular formula is C16H13NO3. The Labute approximate surface area is 115 Å². The van der Waals surface area contributed by atoms with Crippen molar-refractivity contribution in [2.24, 2.45) is 0 Å². The zero-order valence-corrected chi connectivity index (χ0v) is 10.7. The van der Waals surface area contributed by atoms with E-state index >= 15 is 0 Å². The van der Waals surface area contributed by atoms with Crippen LogP contribution in [-0.2, 0) is 11.3 Å². The van der Waals surface area contributed by atoms with Crippen LogP contribution in [0, 0.1) is 0 Å². The lowest BCUT2D eigenvalue weighted by atomic mass is 10.2. The Bertz CT molecular complexity index is 747. The first-order chi connectivity index (χ1) is 9.75. The molecule has 4 heteroatoms. The lowest BCUT2D eigenvalue weighted by Crippen LogP contribution is -2.12. The summed E-state index contributed by atoms with van der Waals surface area (Å²) in [6.07, 6.45) is 1.09. The molecule has 2 aromatic carbocycles. The van der Waals surface area contributed by atoms with Gasteiger partial charge in [0.15, 0.2) is 0 Å². The molecule has 4 nitrogen and oxygen atoms in total. The van der Waals surface area contributed by atoms with Crippen molar-refractivity contribution in [3.63, 3.8) is 0 Å². The molecule has 0 bridgehead atoms. The summed E-state index contributed by atoms with van der Waals surface area (Å²) in [4.78, 5) is 12.1. The summed E-state index contributed by atoms with van der Waals surface area (Å²) < 4.78 is 6.56. The van der Waals surface area contributed by atoms with Gasteiger partial charge in [0.1, 0.15) is 17.9 Å². The zero-order chi connectivity index (χ0) is 13.9. The molecule has 0 aliphatic heterocycles. The number of rotatable bonds is 2. The third kappa shape index (κ3) is 2.23. The fourth-order valence-corrected chi connectivity index (χ4v) is 2.12. The van der Waals surface area contributed by atoms with Gasteiger partial charge in [0.2, 0.25) is 0 Å². The van der Waals surface area contributed by atoms with Crippen LogP contribution in [0.15, 0.2) is 60.8 Å². The molecule has 3 rings (SSSR count). The second kappa shape index (κ2) is 5.09. The van der Waals surface area contributed by atoms with E-state index in [4.69, 9.17) is 4.74 Å². The largest absolute Gasteiger partial charge is 0.506 e. The first-order valence-electron chi connectivity index (χ1n) is 6.26. The summed E-state index contributed by atoms with van der Waals surface area (Å²) >= 11 is 0. The number of para-hydroxylation sites is 1. The van der Waals surface area contributed by atoms with E-state index < -0.39 is 6.09 Å². The zero-order valence-electron chi connectivity index (χ0n) is 10.7. The van der Waals surface area contributed by atoms with E-state index in [9.17, 15) is 9.90 Å². The van der Waals surface area contributed by atoms with Crippen molar-refractivity contribution in [3.05, 3.63) is 66.4 Å². The lowest BCUT2D eigenvalue weighted by molar-refractivity contribution is 0.142. The van der Waals surface area contributed by atoms with Crippen molar-refractivity contribution in [1.82, 2.24) is 4.57 Å². The van der Waals surface area contributed by atoms with E-state index in [2.05, 4.69) is 0 Å². The normalized spacial score (nSPS) is 10.6. The quantitative estimate of drug-likeness (QED) is 0.772. The molecule has 0 saturated heterocycles. The number of ether oxygens (including phenoxy) is 1. The van der Waals surface area contributed by atoms with Gasteiger partial charge < -0.3 is 9.84 Å². The van der Waals surface area contributed by atoms with Crippen LogP contribution in [-0.4, -0.2) is 15.8 Å². The number of carbonyl (C=O) groups is 1. The van der Waals surface area contributed by atoms with Crippen molar-refractivity contribution < 1.29 is 14.6 Å². The summed E-state index contributed by atoms with van der Waals surface area (Å²) in [5.41, 5.74) is 1.38. The third-order valence-corrected chi connectivity index (χ3v) is 3.09. The molecule has 0 unspecified atom stereocenters. The summed E-state index contributed by atoms with van der Waals surface area (Å²) in [6, 6.07) is 16.3. The SMILES string of the molecule is O=C(OCc1ccccc1)n1ccc2cccc(O)c21. The van der Waals surface area contributed by atoms with E-state index in [1.165, 1.54) is 4.57 Å². The Morgan fingerprint density at radius 3 is 2.65 bits per heavy atom. The Morgan fingerprint density at radius 1 is 1.05 bits per heavy atom. The highest BCUT2D eigenvalue weighted by Gasteiger charge is 2.12. The fourth-order valence-electron chi connectivity index (χ4n) is 2.12. The third-order valence-electron chi connectivity index (χ3n) is 3.09. The van der Waals surface area contributed by atoms with Crippen molar-refractivity contribution in [1.29, 1.82) is 0 Å². The molecule has 0 radical (unpaired) electrons. The summed E-state index contributed by atoms with van der Waals surface area (Å²) in [6.45, 7) is 0.201. The van der Waals surface area contributed by atoms with Gasteiger partial charge in [-0.05, 0) is 17.7 Å². The molecule has 0 saturated carbocycles. The highest BCUT2D eigenvalue weighted by atomic mass is 16.5. The number of hydrogen-bond donors (Lipinski definition) is 1. The number of phenolic OH excluding ortho intramolecular Hbond substituents is 1. The smallest absolute Gasteiger partial charge is 0.418 e.